The number of carbonyl (C=O) groups is 2. The number of esters is 1. The zero-order valence-corrected chi connectivity index (χ0v) is 38.3. The number of aromatic nitrogens is 6. The highest BCUT2D eigenvalue weighted by molar-refractivity contribution is 7.99. The molecular weight excluding hydrogens is 875 g/mol. The van der Waals surface area contributed by atoms with Crippen LogP contribution in [-0.4, -0.2) is 105 Å². The first kappa shape index (κ1) is 47.6. The van der Waals surface area contributed by atoms with E-state index in [2.05, 4.69) is 20.4 Å². The third kappa shape index (κ3) is 10.8. The molecule has 2 aromatic heterocycles. The number of carbonyl (C=O) groups excluding carboxylic acids is 2. The molecule has 328 valence electrons. The van der Waals surface area contributed by atoms with Crippen molar-refractivity contribution in [3.05, 3.63) is 108 Å². The molecule has 17 nitrogen and oxygen atoms in total. The largest absolute Gasteiger partial charge is 0.465 e. The van der Waals surface area contributed by atoms with Crippen LogP contribution in [0.5, 0.6) is 0 Å². The molecule has 2 heterocycles. The normalized spacial score (nSPS) is 11.6. The average molecular weight is 922 g/mol. The summed E-state index contributed by atoms with van der Waals surface area (Å²) >= 11 is 2.74. The minimum atomic E-state index is -3.58. The molecule has 0 aliphatic heterocycles. The van der Waals surface area contributed by atoms with Crippen LogP contribution in [0, 0.1) is 0 Å². The number of amides is 1. The van der Waals surface area contributed by atoms with E-state index in [0.29, 0.717) is 70.4 Å². The van der Waals surface area contributed by atoms with Crippen molar-refractivity contribution in [2.75, 3.05) is 33.3 Å². The summed E-state index contributed by atoms with van der Waals surface area (Å²) < 4.78 is 62.5. The molecule has 6 aromatic rings. The molecule has 1 amide bonds. The zero-order chi connectivity index (χ0) is 45.2. The predicted octanol–water partition coefficient (Wildman–Crippen LogP) is 6.23. The summed E-state index contributed by atoms with van der Waals surface area (Å²) in [5.41, 5.74) is 3.70. The van der Waals surface area contributed by atoms with Gasteiger partial charge in [-0.25, -0.2) is 27.1 Å². The van der Waals surface area contributed by atoms with Gasteiger partial charge >= 0.3 is 5.97 Å². The molecule has 21 heteroatoms. The Kier molecular flexibility index (Phi) is 16.2. The third-order valence-corrected chi connectivity index (χ3v) is 15.6. The molecule has 0 aliphatic carbocycles. The lowest BCUT2D eigenvalue weighted by atomic mass is 10.2. The summed E-state index contributed by atoms with van der Waals surface area (Å²) in [6.45, 7) is 8.84. The molecule has 0 bridgehead atoms. The van der Waals surface area contributed by atoms with Crippen LogP contribution in [0.2, 0.25) is 0 Å². The number of hydroxylamine groups is 1. The van der Waals surface area contributed by atoms with Gasteiger partial charge in [-0.2, -0.15) is 8.61 Å². The molecule has 0 fully saturated rings. The molecule has 4 aromatic carbocycles. The van der Waals surface area contributed by atoms with E-state index >= 15 is 0 Å². The van der Waals surface area contributed by atoms with E-state index in [0.717, 1.165) is 9.79 Å². The van der Waals surface area contributed by atoms with Crippen molar-refractivity contribution in [2.24, 2.45) is 14.1 Å². The number of hydrogen-bond acceptors (Lipinski definition) is 14. The molecule has 6 rings (SSSR count). The molecule has 62 heavy (non-hydrogen) atoms. The highest BCUT2D eigenvalue weighted by Crippen LogP contribution is 2.32. The van der Waals surface area contributed by atoms with E-state index in [1.807, 2.05) is 43.7 Å². The lowest BCUT2D eigenvalue weighted by Crippen LogP contribution is -2.30. The van der Waals surface area contributed by atoms with E-state index in [1.54, 1.807) is 110 Å². The number of nitrogens with one attached hydrogen (secondary N) is 1. The second-order valence-corrected chi connectivity index (χ2v) is 19.1. The minimum Gasteiger partial charge on any atom is -0.465 e. The standard InChI is InChI=1S/C21H24N4O4S2.C20H23N5O4S2/c1-5-25(6-2)31(27,28)18-9-7-8-16(14-18)19-22-23-21(24(19)3)30-17-12-10-15(11-13-17)20(26)29-4;1-4-25(5-2)31(28,29)17-8-6-7-15(13-17)18-21-22-20(24(18)3)30-16-11-9-14(10-12-16)19(26)23-27/h7-14H,5-6H2,1-4H3;6-13,27H,4-5H2,1-3H3,(H,23,26). The van der Waals surface area contributed by atoms with Crippen LogP contribution in [0.3, 0.4) is 0 Å². The molecule has 0 atom stereocenters. The van der Waals surface area contributed by atoms with Gasteiger partial charge < -0.3 is 13.9 Å². The van der Waals surface area contributed by atoms with E-state index in [-0.39, 0.29) is 9.79 Å². The smallest absolute Gasteiger partial charge is 0.337 e. The maximum absolute atomic E-state index is 12.9. The van der Waals surface area contributed by atoms with Gasteiger partial charge in [0.05, 0.1) is 22.5 Å². The van der Waals surface area contributed by atoms with E-state index in [4.69, 9.17) is 9.94 Å². The van der Waals surface area contributed by atoms with Crippen molar-refractivity contribution in [3.63, 3.8) is 0 Å². The SMILES string of the molecule is CCN(CC)S(=O)(=O)c1cccc(-c2nnc(Sc3ccc(C(=O)NO)cc3)n2C)c1.CCN(CC)S(=O)(=O)c1cccc(-c2nnc(Sc3ccc(C(=O)OC)cc3)n2C)c1. The van der Waals surface area contributed by atoms with Gasteiger partial charge in [-0.1, -0.05) is 52.0 Å². The number of ether oxygens (including phenoxy) is 1. The van der Waals surface area contributed by atoms with Gasteiger partial charge in [-0.15, -0.1) is 20.4 Å². The van der Waals surface area contributed by atoms with Crippen molar-refractivity contribution < 1.29 is 36.4 Å². The Morgan fingerprint density at radius 1 is 0.629 bits per heavy atom. The van der Waals surface area contributed by atoms with Crippen LogP contribution in [0.15, 0.2) is 127 Å². The van der Waals surface area contributed by atoms with Gasteiger partial charge in [0.15, 0.2) is 22.0 Å². The highest BCUT2D eigenvalue weighted by Gasteiger charge is 2.24. The Morgan fingerprint density at radius 2 is 1.02 bits per heavy atom. The summed E-state index contributed by atoms with van der Waals surface area (Å²) in [6, 6.07) is 27.0. The van der Waals surface area contributed by atoms with Crippen LogP contribution in [0.1, 0.15) is 48.4 Å². The number of benzene rings is 4. The van der Waals surface area contributed by atoms with Crippen LogP contribution in [-0.2, 0) is 38.9 Å². The van der Waals surface area contributed by atoms with Gasteiger partial charge in [-0.3, -0.25) is 10.0 Å². The number of nitrogens with zero attached hydrogens (tertiary/aromatic N) is 8. The summed E-state index contributed by atoms with van der Waals surface area (Å²) in [5.74, 6) is 0.120. The molecule has 2 N–H and O–H groups in total. The third-order valence-electron chi connectivity index (χ3n) is 9.45. The molecule has 0 spiro atoms. The van der Waals surface area contributed by atoms with E-state index in [9.17, 15) is 26.4 Å². The molecule has 0 saturated carbocycles. The monoisotopic (exact) mass is 921 g/mol. The number of rotatable bonds is 16. The van der Waals surface area contributed by atoms with Crippen molar-refractivity contribution in [2.45, 2.75) is 57.6 Å². The predicted molar refractivity (Wildman–Crippen MR) is 235 cm³/mol. The number of hydrogen-bond donors (Lipinski definition) is 2. The van der Waals surface area contributed by atoms with Crippen LogP contribution in [0.4, 0.5) is 0 Å². The van der Waals surface area contributed by atoms with Gasteiger partial charge in [0.25, 0.3) is 5.91 Å². The fraction of sp³-hybridized carbons (Fsp3) is 0.268. The first-order valence-electron chi connectivity index (χ1n) is 19.2. The second kappa shape index (κ2) is 21.1. The van der Waals surface area contributed by atoms with Gasteiger partial charge in [0.2, 0.25) is 20.0 Å². The van der Waals surface area contributed by atoms with Crippen molar-refractivity contribution in [1.29, 1.82) is 0 Å². The first-order chi connectivity index (χ1) is 29.6. The molecule has 0 saturated heterocycles. The van der Waals surface area contributed by atoms with E-state index < -0.39 is 31.9 Å². The summed E-state index contributed by atoms with van der Waals surface area (Å²) in [5, 5.41) is 26.9. The van der Waals surface area contributed by atoms with Crippen LogP contribution in [0.25, 0.3) is 22.8 Å². The Bertz CT molecular complexity index is 2530. The van der Waals surface area contributed by atoms with Gasteiger partial charge in [0.1, 0.15) is 0 Å². The second-order valence-electron chi connectivity index (χ2n) is 13.2. The fourth-order valence-corrected chi connectivity index (χ4v) is 10.6. The van der Waals surface area contributed by atoms with Crippen LogP contribution < -0.4 is 5.48 Å². The Labute approximate surface area is 369 Å². The van der Waals surface area contributed by atoms with Crippen molar-refractivity contribution in [1.82, 2.24) is 43.6 Å². The Balaban J connectivity index is 0.000000234. The summed E-state index contributed by atoms with van der Waals surface area (Å²) in [7, 11) is -2.18. The quantitative estimate of drug-likeness (QED) is 0.0626. The fourth-order valence-electron chi connectivity index (χ4n) is 6.05. The topological polar surface area (TPSA) is 212 Å². The van der Waals surface area contributed by atoms with Crippen LogP contribution >= 0.6 is 23.5 Å². The highest BCUT2D eigenvalue weighted by atomic mass is 32.2. The molecule has 0 aliphatic rings. The maximum Gasteiger partial charge on any atom is 0.337 e. The number of sulfonamides is 2. The number of methoxy groups -OCH3 is 1. The lowest BCUT2D eigenvalue weighted by Gasteiger charge is -2.18. The van der Waals surface area contributed by atoms with Gasteiger partial charge in [-0.05, 0) is 96.3 Å². The maximum atomic E-state index is 12.9. The Morgan fingerprint density at radius 3 is 1.37 bits per heavy atom. The van der Waals surface area contributed by atoms with Crippen molar-refractivity contribution in [3.8, 4) is 22.8 Å². The minimum absolute atomic E-state index is 0.212. The molecule has 0 unspecified atom stereocenters. The van der Waals surface area contributed by atoms with Gasteiger partial charge in [0, 0.05) is 66.8 Å². The summed E-state index contributed by atoms with van der Waals surface area (Å²) in [6.07, 6.45) is 0. The Hall–Kier alpha value is -5.42. The van der Waals surface area contributed by atoms with E-state index in [1.165, 1.54) is 39.2 Å². The first-order valence-corrected chi connectivity index (χ1v) is 23.7. The summed E-state index contributed by atoms with van der Waals surface area (Å²) in [4.78, 5) is 25.2. The molecular formula is C41H47N9O8S4. The zero-order valence-electron chi connectivity index (χ0n) is 35.1. The van der Waals surface area contributed by atoms with Crippen molar-refractivity contribution >= 4 is 55.4 Å². The average Bonchev–Trinajstić information content (AvgIpc) is 3.84. The molecule has 0 radical (unpaired) electrons. The lowest BCUT2D eigenvalue weighted by molar-refractivity contribution is 0.0600.